The number of amides is 2. The van der Waals surface area contributed by atoms with Crippen LogP contribution in [0, 0.1) is 13.8 Å². The quantitative estimate of drug-likeness (QED) is 0.735. The van der Waals surface area contributed by atoms with E-state index in [4.69, 9.17) is 21.1 Å². The molecule has 0 saturated carbocycles. The first-order chi connectivity index (χ1) is 11.9. The highest BCUT2D eigenvalue weighted by atomic mass is 35.5. The monoisotopic (exact) mass is 361 g/mol. The summed E-state index contributed by atoms with van der Waals surface area (Å²) in [6, 6.07) is 8.86. The summed E-state index contributed by atoms with van der Waals surface area (Å²) in [6.45, 7) is 3.79. The zero-order valence-corrected chi connectivity index (χ0v) is 15.4. The van der Waals surface area contributed by atoms with E-state index in [9.17, 15) is 9.59 Å². The van der Waals surface area contributed by atoms with E-state index in [1.165, 1.54) is 14.2 Å². The smallest absolute Gasteiger partial charge is 0.264 e. The SMILES string of the molecule is COc1ccc(C)c(C(=O)N(C=O)Cc2ccc(Cl)c(C)c2)c1OC. The summed E-state index contributed by atoms with van der Waals surface area (Å²) in [5.41, 5.74) is 2.69. The van der Waals surface area contributed by atoms with Gasteiger partial charge in [0.2, 0.25) is 6.41 Å². The molecule has 0 bridgehead atoms. The van der Waals surface area contributed by atoms with E-state index in [1.807, 2.05) is 13.0 Å². The van der Waals surface area contributed by atoms with Crippen LogP contribution in [0.25, 0.3) is 0 Å². The highest BCUT2D eigenvalue weighted by Gasteiger charge is 2.24. The number of imide groups is 1. The van der Waals surface area contributed by atoms with E-state index in [-0.39, 0.29) is 6.54 Å². The van der Waals surface area contributed by atoms with Gasteiger partial charge < -0.3 is 9.47 Å². The van der Waals surface area contributed by atoms with Crippen molar-refractivity contribution in [3.05, 3.63) is 57.6 Å². The van der Waals surface area contributed by atoms with Crippen molar-refractivity contribution >= 4 is 23.9 Å². The Kier molecular flexibility index (Phi) is 6.04. The van der Waals surface area contributed by atoms with Gasteiger partial charge in [-0.3, -0.25) is 14.5 Å². The Bertz CT molecular complexity index is 804. The lowest BCUT2D eigenvalue weighted by molar-refractivity contribution is -0.116. The van der Waals surface area contributed by atoms with Gasteiger partial charge in [0.15, 0.2) is 11.5 Å². The molecule has 2 amide bonds. The molecule has 0 saturated heterocycles. The first-order valence-corrected chi connectivity index (χ1v) is 8.03. The van der Waals surface area contributed by atoms with Gasteiger partial charge >= 0.3 is 0 Å². The third kappa shape index (κ3) is 3.94. The minimum absolute atomic E-state index is 0.139. The lowest BCUT2D eigenvalue weighted by atomic mass is 10.0. The second kappa shape index (κ2) is 8.03. The van der Waals surface area contributed by atoms with Crippen molar-refractivity contribution in [2.45, 2.75) is 20.4 Å². The summed E-state index contributed by atoms with van der Waals surface area (Å²) in [7, 11) is 2.96. The first kappa shape index (κ1) is 18.8. The molecule has 0 aliphatic rings. The molecule has 0 radical (unpaired) electrons. The molecule has 0 aliphatic carbocycles. The van der Waals surface area contributed by atoms with Crippen molar-refractivity contribution in [1.29, 1.82) is 0 Å². The third-order valence-electron chi connectivity index (χ3n) is 3.93. The van der Waals surface area contributed by atoms with Crippen LogP contribution in [0.2, 0.25) is 5.02 Å². The van der Waals surface area contributed by atoms with Crippen LogP contribution in [0.4, 0.5) is 0 Å². The van der Waals surface area contributed by atoms with Crippen LogP contribution >= 0.6 is 11.6 Å². The molecule has 2 aromatic rings. The fourth-order valence-electron chi connectivity index (χ4n) is 2.59. The van der Waals surface area contributed by atoms with Crippen molar-refractivity contribution in [2.75, 3.05) is 14.2 Å². The molecule has 0 aromatic heterocycles. The highest BCUT2D eigenvalue weighted by molar-refractivity contribution is 6.31. The summed E-state index contributed by atoms with van der Waals surface area (Å²) >= 11 is 6.02. The van der Waals surface area contributed by atoms with Gasteiger partial charge in [0, 0.05) is 5.02 Å². The van der Waals surface area contributed by atoms with E-state index in [0.29, 0.717) is 34.1 Å². The molecular weight excluding hydrogens is 342 g/mol. The average molecular weight is 362 g/mol. The van der Waals surface area contributed by atoms with Gasteiger partial charge in [-0.2, -0.15) is 0 Å². The summed E-state index contributed by atoms with van der Waals surface area (Å²) in [4.78, 5) is 25.6. The number of methoxy groups -OCH3 is 2. The van der Waals surface area contributed by atoms with Gasteiger partial charge in [0.1, 0.15) is 0 Å². The number of ether oxygens (including phenoxy) is 2. The Morgan fingerprint density at radius 2 is 1.84 bits per heavy atom. The van der Waals surface area contributed by atoms with E-state index in [2.05, 4.69) is 0 Å². The molecule has 0 heterocycles. The van der Waals surface area contributed by atoms with E-state index >= 15 is 0 Å². The van der Waals surface area contributed by atoms with Crippen LogP contribution in [0.5, 0.6) is 11.5 Å². The molecule has 0 fully saturated rings. The van der Waals surface area contributed by atoms with Gasteiger partial charge in [-0.25, -0.2) is 0 Å². The van der Waals surface area contributed by atoms with Crippen molar-refractivity contribution in [3.63, 3.8) is 0 Å². The average Bonchev–Trinajstić information content (AvgIpc) is 2.61. The molecule has 0 spiro atoms. The van der Waals surface area contributed by atoms with Gasteiger partial charge in [-0.1, -0.05) is 29.8 Å². The molecule has 2 rings (SSSR count). The third-order valence-corrected chi connectivity index (χ3v) is 4.36. The van der Waals surface area contributed by atoms with Gasteiger partial charge in [-0.15, -0.1) is 0 Å². The first-order valence-electron chi connectivity index (χ1n) is 7.65. The zero-order chi connectivity index (χ0) is 18.6. The van der Waals surface area contributed by atoms with Crippen LogP contribution in [0.3, 0.4) is 0 Å². The molecule has 0 unspecified atom stereocenters. The largest absolute Gasteiger partial charge is 0.493 e. The maximum atomic E-state index is 12.9. The van der Waals surface area contributed by atoms with Gasteiger partial charge in [0.05, 0.1) is 26.3 Å². The number of carbonyl (C=O) groups excluding carboxylic acids is 2. The van der Waals surface area contributed by atoms with E-state index in [0.717, 1.165) is 16.0 Å². The predicted molar refractivity (Wildman–Crippen MR) is 96.4 cm³/mol. The Labute approximate surface area is 152 Å². The molecule has 5 nitrogen and oxygen atoms in total. The number of aryl methyl sites for hydroxylation is 2. The molecule has 132 valence electrons. The molecule has 2 aromatic carbocycles. The van der Waals surface area contributed by atoms with Crippen molar-refractivity contribution < 1.29 is 19.1 Å². The standard InChI is InChI=1S/C19H20ClNO4/c1-12-5-8-16(24-3)18(25-4)17(12)19(23)21(11-22)10-14-6-7-15(20)13(2)9-14/h5-9,11H,10H2,1-4H3. The second-order valence-corrected chi connectivity index (χ2v) is 6.02. The number of hydrogen-bond donors (Lipinski definition) is 0. The number of halogens is 1. The summed E-state index contributed by atoms with van der Waals surface area (Å²) in [6.07, 6.45) is 0.518. The normalized spacial score (nSPS) is 10.3. The Morgan fingerprint density at radius 3 is 2.40 bits per heavy atom. The molecule has 0 aliphatic heterocycles. The van der Waals surface area contributed by atoms with E-state index in [1.54, 1.807) is 31.2 Å². The Balaban J connectivity index is 2.40. The van der Waals surface area contributed by atoms with Crippen molar-refractivity contribution in [2.24, 2.45) is 0 Å². The van der Waals surface area contributed by atoms with Gasteiger partial charge in [0.25, 0.3) is 5.91 Å². The van der Waals surface area contributed by atoms with Crippen molar-refractivity contribution in [1.82, 2.24) is 4.90 Å². The lowest BCUT2D eigenvalue weighted by Gasteiger charge is -2.20. The Hall–Kier alpha value is -2.53. The van der Waals surface area contributed by atoms with Crippen LogP contribution in [0.1, 0.15) is 27.0 Å². The highest BCUT2D eigenvalue weighted by Crippen LogP contribution is 2.34. The summed E-state index contributed by atoms with van der Waals surface area (Å²) in [5, 5.41) is 0.637. The fraction of sp³-hybridized carbons (Fsp3) is 0.263. The minimum atomic E-state index is -0.448. The second-order valence-electron chi connectivity index (χ2n) is 5.61. The molecular formula is C19H20ClNO4. The predicted octanol–water partition coefficient (Wildman–Crippen LogP) is 3.77. The molecule has 6 heteroatoms. The number of nitrogens with zero attached hydrogens (tertiary/aromatic N) is 1. The van der Waals surface area contributed by atoms with Crippen molar-refractivity contribution in [3.8, 4) is 11.5 Å². The zero-order valence-electron chi connectivity index (χ0n) is 14.6. The number of benzene rings is 2. The number of carbonyl (C=O) groups is 2. The van der Waals surface area contributed by atoms with Gasteiger partial charge in [-0.05, 0) is 42.7 Å². The Morgan fingerprint density at radius 1 is 1.12 bits per heavy atom. The van der Waals surface area contributed by atoms with Crippen LogP contribution in [-0.2, 0) is 11.3 Å². The summed E-state index contributed by atoms with van der Waals surface area (Å²) in [5.74, 6) is 0.298. The van der Waals surface area contributed by atoms with Crippen LogP contribution < -0.4 is 9.47 Å². The molecule has 0 atom stereocenters. The molecule has 0 N–H and O–H groups in total. The van der Waals surface area contributed by atoms with E-state index < -0.39 is 5.91 Å². The number of rotatable bonds is 6. The minimum Gasteiger partial charge on any atom is -0.493 e. The fourth-order valence-corrected chi connectivity index (χ4v) is 2.71. The maximum absolute atomic E-state index is 12.9. The maximum Gasteiger partial charge on any atom is 0.264 e. The lowest BCUT2D eigenvalue weighted by Crippen LogP contribution is -2.30. The van der Waals surface area contributed by atoms with Crippen LogP contribution in [0.15, 0.2) is 30.3 Å². The number of hydrogen-bond acceptors (Lipinski definition) is 4. The van der Waals surface area contributed by atoms with Crippen LogP contribution in [-0.4, -0.2) is 31.4 Å². The molecule has 25 heavy (non-hydrogen) atoms. The topological polar surface area (TPSA) is 55.8 Å². The summed E-state index contributed by atoms with van der Waals surface area (Å²) < 4.78 is 10.6.